The van der Waals surface area contributed by atoms with E-state index in [1.165, 1.54) is 13.3 Å². The molecule has 1 aromatic heterocycles. The molecule has 0 spiro atoms. The molecule has 0 radical (unpaired) electrons. The summed E-state index contributed by atoms with van der Waals surface area (Å²) in [7, 11) is 4.67. The lowest BCUT2D eigenvalue weighted by Gasteiger charge is -2.10. The van der Waals surface area contributed by atoms with E-state index in [0.717, 1.165) is 5.56 Å². The first-order valence-electron chi connectivity index (χ1n) is 7.78. The fourth-order valence-electron chi connectivity index (χ4n) is 2.46. The summed E-state index contributed by atoms with van der Waals surface area (Å²) >= 11 is 0. The number of hydrogen-bond acceptors (Lipinski definition) is 6. The highest BCUT2D eigenvalue weighted by atomic mass is 16.5. The zero-order valence-corrected chi connectivity index (χ0v) is 14.6. The molecule has 0 saturated heterocycles. The number of nitrogens with zero attached hydrogens (tertiary/aromatic N) is 1. The molecule has 0 fully saturated rings. The van der Waals surface area contributed by atoms with Gasteiger partial charge < -0.3 is 24.1 Å². The number of carbonyl (C=O) groups excluding carboxylic acids is 1. The van der Waals surface area contributed by atoms with Crippen LogP contribution in [0.4, 0.5) is 5.69 Å². The van der Waals surface area contributed by atoms with Crippen LogP contribution in [0.2, 0.25) is 0 Å². The summed E-state index contributed by atoms with van der Waals surface area (Å²) in [6.45, 7) is 0. The molecule has 3 rings (SSSR count). The summed E-state index contributed by atoms with van der Waals surface area (Å²) in [5.74, 6) is 1.85. The monoisotopic (exact) mass is 354 g/mol. The molecule has 0 atom stereocenters. The third-order valence-corrected chi connectivity index (χ3v) is 3.81. The van der Waals surface area contributed by atoms with Crippen molar-refractivity contribution in [2.75, 3.05) is 26.6 Å². The zero-order valence-electron chi connectivity index (χ0n) is 14.6. The van der Waals surface area contributed by atoms with Gasteiger partial charge in [-0.25, -0.2) is 0 Å². The van der Waals surface area contributed by atoms with Gasteiger partial charge in [0.25, 0.3) is 5.91 Å². The van der Waals surface area contributed by atoms with E-state index < -0.39 is 0 Å². The molecule has 7 heteroatoms. The predicted molar refractivity (Wildman–Crippen MR) is 96.0 cm³/mol. The minimum Gasteiger partial charge on any atom is -0.497 e. The SMILES string of the molecule is COc1ccc(-c2oncc2C(=O)Nc2ccc(OC)c(OC)c2)cc1. The number of benzene rings is 2. The standard InChI is InChI=1S/C19H18N2O5/c1-23-14-7-4-12(5-8-14)18-15(11-20-26-18)19(22)21-13-6-9-16(24-2)17(10-13)25-3/h4-11H,1-3H3,(H,21,22). The van der Waals surface area contributed by atoms with Crippen LogP contribution in [-0.2, 0) is 0 Å². The van der Waals surface area contributed by atoms with Gasteiger partial charge in [0.2, 0.25) is 0 Å². The van der Waals surface area contributed by atoms with Crippen LogP contribution in [0.15, 0.2) is 53.2 Å². The number of aromatic nitrogens is 1. The lowest BCUT2D eigenvalue weighted by atomic mass is 10.1. The topological polar surface area (TPSA) is 82.8 Å². The van der Waals surface area contributed by atoms with Gasteiger partial charge in [-0.3, -0.25) is 4.79 Å². The van der Waals surface area contributed by atoms with Crippen molar-refractivity contribution in [1.29, 1.82) is 0 Å². The fourth-order valence-corrected chi connectivity index (χ4v) is 2.46. The summed E-state index contributed by atoms with van der Waals surface area (Å²) in [5.41, 5.74) is 1.61. The first-order valence-corrected chi connectivity index (χ1v) is 7.78. The van der Waals surface area contributed by atoms with E-state index in [2.05, 4.69) is 10.5 Å². The van der Waals surface area contributed by atoms with Gasteiger partial charge in [-0.1, -0.05) is 5.16 Å². The maximum absolute atomic E-state index is 12.6. The van der Waals surface area contributed by atoms with Crippen LogP contribution in [-0.4, -0.2) is 32.4 Å². The Morgan fingerprint density at radius 2 is 1.69 bits per heavy atom. The Labute approximate surface area is 150 Å². The highest BCUT2D eigenvalue weighted by molar-refractivity contribution is 6.07. The number of methoxy groups -OCH3 is 3. The minimum absolute atomic E-state index is 0.324. The maximum Gasteiger partial charge on any atom is 0.261 e. The van der Waals surface area contributed by atoms with Gasteiger partial charge in [0.1, 0.15) is 11.3 Å². The average molecular weight is 354 g/mol. The fraction of sp³-hybridized carbons (Fsp3) is 0.158. The number of hydrogen-bond donors (Lipinski definition) is 1. The van der Waals surface area contributed by atoms with Gasteiger partial charge in [-0.2, -0.15) is 0 Å². The Kier molecular flexibility index (Phi) is 5.07. The zero-order chi connectivity index (χ0) is 18.5. The van der Waals surface area contributed by atoms with Crippen LogP contribution in [0.3, 0.4) is 0 Å². The third kappa shape index (κ3) is 3.46. The number of amides is 1. The Morgan fingerprint density at radius 3 is 2.35 bits per heavy atom. The molecule has 0 aliphatic rings. The minimum atomic E-state index is -0.343. The molecule has 3 aromatic rings. The Morgan fingerprint density at radius 1 is 0.962 bits per heavy atom. The van der Waals surface area contributed by atoms with Crippen molar-refractivity contribution in [2.24, 2.45) is 0 Å². The maximum atomic E-state index is 12.6. The molecule has 1 heterocycles. The summed E-state index contributed by atoms with van der Waals surface area (Å²) in [6.07, 6.45) is 1.38. The summed E-state index contributed by atoms with van der Waals surface area (Å²) in [6, 6.07) is 12.3. The van der Waals surface area contributed by atoms with Gasteiger partial charge in [0.05, 0.1) is 27.5 Å². The van der Waals surface area contributed by atoms with E-state index in [4.69, 9.17) is 18.7 Å². The van der Waals surface area contributed by atoms with Crippen molar-refractivity contribution in [3.05, 3.63) is 54.2 Å². The van der Waals surface area contributed by atoms with Crippen LogP contribution in [0, 0.1) is 0 Å². The molecule has 26 heavy (non-hydrogen) atoms. The Balaban J connectivity index is 1.84. The second kappa shape index (κ2) is 7.60. The molecule has 7 nitrogen and oxygen atoms in total. The largest absolute Gasteiger partial charge is 0.497 e. The second-order valence-electron chi connectivity index (χ2n) is 5.32. The van der Waals surface area contributed by atoms with E-state index in [9.17, 15) is 4.79 Å². The van der Waals surface area contributed by atoms with E-state index in [1.54, 1.807) is 56.7 Å². The first-order chi connectivity index (χ1) is 12.7. The Hall–Kier alpha value is -3.48. The van der Waals surface area contributed by atoms with E-state index in [1.807, 2.05) is 0 Å². The number of nitrogens with one attached hydrogen (secondary N) is 1. The molecule has 0 aliphatic heterocycles. The molecule has 134 valence electrons. The molecule has 1 N–H and O–H groups in total. The van der Waals surface area contributed by atoms with E-state index >= 15 is 0 Å². The molecular formula is C19H18N2O5. The number of ether oxygens (including phenoxy) is 3. The summed E-state index contributed by atoms with van der Waals surface area (Å²) in [4.78, 5) is 12.6. The van der Waals surface area contributed by atoms with Crippen molar-refractivity contribution in [2.45, 2.75) is 0 Å². The smallest absolute Gasteiger partial charge is 0.261 e. The van der Waals surface area contributed by atoms with E-state index in [0.29, 0.717) is 34.3 Å². The quantitative estimate of drug-likeness (QED) is 0.728. The lowest BCUT2D eigenvalue weighted by molar-refractivity contribution is 0.102. The van der Waals surface area contributed by atoms with Crippen LogP contribution in [0.1, 0.15) is 10.4 Å². The second-order valence-corrected chi connectivity index (χ2v) is 5.32. The average Bonchev–Trinajstić information content (AvgIpc) is 3.18. The van der Waals surface area contributed by atoms with Crippen molar-refractivity contribution in [3.8, 4) is 28.6 Å². The van der Waals surface area contributed by atoms with Crippen molar-refractivity contribution in [3.63, 3.8) is 0 Å². The Bertz CT molecular complexity index is 903. The number of rotatable bonds is 6. The van der Waals surface area contributed by atoms with Crippen molar-refractivity contribution >= 4 is 11.6 Å². The number of anilines is 1. The van der Waals surface area contributed by atoms with E-state index in [-0.39, 0.29) is 5.91 Å². The molecular weight excluding hydrogens is 336 g/mol. The molecule has 0 unspecified atom stereocenters. The third-order valence-electron chi connectivity index (χ3n) is 3.81. The van der Waals surface area contributed by atoms with Crippen molar-refractivity contribution in [1.82, 2.24) is 5.16 Å². The normalized spacial score (nSPS) is 10.3. The molecule has 1 amide bonds. The first kappa shape index (κ1) is 17.3. The van der Waals surface area contributed by atoms with Crippen LogP contribution < -0.4 is 19.5 Å². The van der Waals surface area contributed by atoms with Crippen molar-refractivity contribution < 1.29 is 23.5 Å². The van der Waals surface area contributed by atoms with Gasteiger partial charge in [-0.15, -0.1) is 0 Å². The highest BCUT2D eigenvalue weighted by Crippen LogP contribution is 2.31. The van der Waals surface area contributed by atoms with Crippen LogP contribution >= 0.6 is 0 Å². The van der Waals surface area contributed by atoms with Crippen LogP contribution in [0.5, 0.6) is 17.2 Å². The van der Waals surface area contributed by atoms with Gasteiger partial charge in [0, 0.05) is 17.3 Å². The molecule has 0 aliphatic carbocycles. The summed E-state index contributed by atoms with van der Waals surface area (Å²) in [5, 5.41) is 6.56. The molecule has 2 aromatic carbocycles. The summed E-state index contributed by atoms with van der Waals surface area (Å²) < 4.78 is 20.8. The lowest BCUT2D eigenvalue weighted by Crippen LogP contribution is -2.12. The van der Waals surface area contributed by atoms with Gasteiger partial charge in [0.15, 0.2) is 17.3 Å². The number of carbonyl (C=O) groups is 1. The molecule has 0 saturated carbocycles. The van der Waals surface area contributed by atoms with Crippen LogP contribution in [0.25, 0.3) is 11.3 Å². The highest BCUT2D eigenvalue weighted by Gasteiger charge is 2.18. The molecule has 0 bridgehead atoms. The van der Waals surface area contributed by atoms with Gasteiger partial charge in [-0.05, 0) is 36.4 Å². The van der Waals surface area contributed by atoms with Gasteiger partial charge >= 0.3 is 0 Å². The predicted octanol–water partition coefficient (Wildman–Crippen LogP) is 3.62.